The van der Waals surface area contributed by atoms with E-state index in [1.807, 2.05) is 43.3 Å². The number of ether oxygens (including phenoxy) is 1. The van der Waals surface area contributed by atoms with Crippen LogP contribution in [0.1, 0.15) is 28.8 Å². The Bertz CT molecular complexity index is 1040. The van der Waals surface area contributed by atoms with Gasteiger partial charge in [0, 0.05) is 15.7 Å². The van der Waals surface area contributed by atoms with Crippen molar-refractivity contribution >= 4 is 44.1 Å². The van der Waals surface area contributed by atoms with Crippen molar-refractivity contribution < 1.29 is 14.3 Å². The molecule has 4 nitrogen and oxygen atoms in total. The molecule has 1 atom stereocenters. The van der Waals surface area contributed by atoms with Gasteiger partial charge in [-0.25, -0.2) is 0 Å². The summed E-state index contributed by atoms with van der Waals surface area (Å²) in [7, 11) is 0. The maximum absolute atomic E-state index is 12.5. The lowest BCUT2D eigenvalue weighted by atomic mass is 9.99. The summed E-state index contributed by atoms with van der Waals surface area (Å²) in [5.41, 5.74) is 2.19. The topological polar surface area (TPSA) is 55.4 Å². The number of benzene rings is 3. The molecule has 3 aromatic carbocycles. The third-order valence-corrected chi connectivity index (χ3v) is 5.13. The maximum Gasteiger partial charge on any atom is 0.231 e. The maximum atomic E-state index is 12.5. The zero-order chi connectivity index (χ0) is 18.3. The van der Waals surface area contributed by atoms with E-state index in [0.29, 0.717) is 11.3 Å². The van der Waals surface area contributed by atoms with Crippen LogP contribution in [0.4, 0.5) is 5.69 Å². The van der Waals surface area contributed by atoms with Gasteiger partial charge in [-0.15, -0.1) is 0 Å². The molecule has 1 heterocycles. The molecule has 0 aromatic heterocycles. The average Bonchev–Trinajstić information content (AvgIpc) is 2.93. The molecule has 4 rings (SSSR count). The first-order valence-corrected chi connectivity index (χ1v) is 9.11. The van der Waals surface area contributed by atoms with Gasteiger partial charge in [0.1, 0.15) is 5.75 Å². The number of Topliss-reactive ketones (excluding diaryl/α,β-unsaturated/α-hetero) is 1. The van der Waals surface area contributed by atoms with Gasteiger partial charge in [-0.3, -0.25) is 9.59 Å². The van der Waals surface area contributed by atoms with Crippen LogP contribution in [-0.2, 0) is 4.79 Å². The Hall–Kier alpha value is -2.66. The summed E-state index contributed by atoms with van der Waals surface area (Å²) < 4.78 is 6.71. The monoisotopic (exact) mass is 409 g/mol. The number of rotatable bonds is 4. The van der Waals surface area contributed by atoms with Gasteiger partial charge in [0.25, 0.3) is 0 Å². The lowest BCUT2D eigenvalue weighted by molar-refractivity contribution is -0.116. The van der Waals surface area contributed by atoms with E-state index in [2.05, 4.69) is 21.2 Å². The Labute approximate surface area is 159 Å². The Morgan fingerprint density at radius 1 is 1.08 bits per heavy atom. The number of anilines is 1. The highest BCUT2D eigenvalue weighted by Crippen LogP contribution is 2.32. The number of ketones is 1. The zero-order valence-corrected chi connectivity index (χ0v) is 15.7. The van der Waals surface area contributed by atoms with Gasteiger partial charge in [0.05, 0.1) is 5.92 Å². The lowest BCUT2D eigenvalue weighted by Gasteiger charge is -2.09. The van der Waals surface area contributed by atoms with Crippen molar-refractivity contribution in [1.29, 1.82) is 0 Å². The molecule has 0 unspecified atom stereocenters. The van der Waals surface area contributed by atoms with Crippen LogP contribution in [0, 0.1) is 0 Å². The molecule has 5 heteroatoms. The van der Waals surface area contributed by atoms with Crippen molar-refractivity contribution in [3.8, 4) is 5.75 Å². The molecule has 1 N–H and O–H groups in total. The molecular formula is C21H16BrNO3. The number of amides is 1. The summed E-state index contributed by atoms with van der Waals surface area (Å²) in [6, 6.07) is 17.0. The quantitative estimate of drug-likeness (QED) is 0.622. The number of hydrogen-bond acceptors (Lipinski definition) is 3. The molecule has 26 heavy (non-hydrogen) atoms. The van der Waals surface area contributed by atoms with Crippen LogP contribution in [0.15, 0.2) is 59.1 Å². The molecule has 0 aliphatic carbocycles. The second-order valence-electron chi connectivity index (χ2n) is 6.38. The highest BCUT2D eigenvalue weighted by atomic mass is 79.9. The summed E-state index contributed by atoms with van der Waals surface area (Å²) in [6.45, 7) is 1.79. The normalized spacial score (nSPS) is 15.6. The second kappa shape index (κ2) is 6.57. The summed E-state index contributed by atoms with van der Waals surface area (Å²) in [5, 5.41) is 4.96. The van der Waals surface area contributed by atoms with Gasteiger partial charge >= 0.3 is 0 Å². The highest BCUT2D eigenvalue weighted by Gasteiger charge is 2.27. The van der Waals surface area contributed by atoms with Crippen molar-refractivity contribution in [2.75, 3.05) is 11.9 Å². The molecular weight excluding hydrogens is 394 g/mol. The van der Waals surface area contributed by atoms with Gasteiger partial charge in [-0.1, -0.05) is 28.1 Å². The first-order valence-electron chi connectivity index (χ1n) is 8.31. The predicted molar refractivity (Wildman–Crippen MR) is 105 cm³/mol. The van der Waals surface area contributed by atoms with Crippen LogP contribution in [0.5, 0.6) is 5.75 Å². The minimum atomic E-state index is -0.238. The van der Waals surface area contributed by atoms with Gasteiger partial charge < -0.3 is 10.1 Å². The summed E-state index contributed by atoms with van der Waals surface area (Å²) in [6.07, 6.45) is 0. The van der Waals surface area contributed by atoms with E-state index in [4.69, 9.17) is 4.74 Å². The Morgan fingerprint density at radius 2 is 1.85 bits per heavy atom. The Kier molecular flexibility index (Phi) is 4.24. The largest absolute Gasteiger partial charge is 0.485 e. The first kappa shape index (κ1) is 16.8. The lowest BCUT2D eigenvalue weighted by Crippen LogP contribution is -2.12. The minimum Gasteiger partial charge on any atom is -0.485 e. The van der Waals surface area contributed by atoms with Gasteiger partial charge in [-0.2, -0.15) is 0 Å². The van der Waals surface area contributed by atoms with Crippen molar-refractivity contribution in [2.45, 2.75) is 12.8 Å². The number of nitrogens with one attached hydrogen (secondary N) is 1. The molecule has 1 amide bonds. The van der Waals surface area contributed by atoms with E-state index in [1.54, 1.807) is 18.2 Å². The standard InChI is InChI=1S/C21H16BrNO3/c1-12-18-10-15(4-7-19(18)23-21(12)25)20(24)11-26-17-6-3-13-8-16(22)5-2-14(13)9-17/h2-10,12H,11H2,1H3,(H,23,25)/t12-/m0/s1. The van der Waals surface area contributed by atoms with Crippen molar-refractivity contribution in [1.82, 2.24) is 0 Å². The summed E-state index contributed by atoms with van der Waals surface area (Å²) >= 11 is 3.45. The first-order chi connectivity index (χ1) is 12.5. The molecule has 1 aliphatic rings. The fraction of sp³-hybridized carbons (Fsp3) is 0.143. The van der Waals surface area contributed by atoms with Crippen LogP contribution in [0.3, 0.4) is 0 Å². The van der Waals surface area contributed by atoms with Crippen LogP contribution in [0.25, 0.3) is 10.8 Å². The van der Waals surface area contributed by atoms with Crippen LogP contribution < -0.4 is 10.1 Å². The number of hydrogen-bond donors (Lipinski definition) is 1. The van der Waals surface area contributed by atoms with E-state index in [1.165, 1.54) is 0 Å². The van der Waals surface area contributed by atoms with Crippen LogP contribution in [0.2, 0.25) is 0 Å². The Balaban J connectivity index is 1.49. The molecule has 1 aliphatic heterocycles. The minimum absolute atomic E-state index is 0.0383. The smallest absolute Gasteiger partial charge is 0.231 e. The summed E-state index contributed by atoms with van der Waals surface area (Å²) in [5.74, 6) is 0.261. The number of carbonyl (C=O) groups excluding carboxylic acids is 2. The Morgan fingerprint density at radius 3 is 2.69 bits per heavy atom. The molecule has 130 valence electrons. The molecule has 0 saturated carbocycles. The van der Waals surface area contributed by atoms with E-state index < -0.39 is 0 Å². The van der Waals surface area contributed by atoms with E-state index in [0.717, 1.165) is 26.5 Å². The molecule has 3 aromatic rings. The van der Waals surface area contributed by atoms with Gasteiger partial charge in [0.2, 0.25) is 5.91 Å². The van der Waals surface area contributed by atoms with E-state index >= 15 is 0 Å². The predicted octanol–water partition coefficient (Wildman–Crippen LogP) is 4.92. The molecule has 0 radical (unpaired) electrons. The summed E-state index contributed by atoms with van der Waals surface area (Å²) in [4.78, 5) is 24.2. The van der Waals surface area contributed by atoms with Crippen molar-refractivity contribution in [2.24, 2.45) is 0 Å². The van der Waals surface area contributed by atoms with Crippen molar-refractivity contribution in [3.63, 3.8) is 0 Å². The number of halogens is 1. The molecule has 0 bridgehead atoms. The highest BCUT2D eigenvalue weighted by molar-refractivity contribution is 9.10. The fourth-order valence-corrected chi connectivity index (χ4v) is 3.49. The molecule has 0 fully saturated rings. The van der Waals surface area contributed by atoms with Gasteiger partial charge in [0.15, 0.2) is 12.4 Å². The average molecular weight is 410 g/mol. The number of fused-ring (bicyclic) bond motifs is 2. The zero-order valence-electron chi connectivity index (χ0n) is 14.1. The fourth-order valence-electron chi connectivity index (χ4n) is 3.11. The van der Waals surface area contributed by atoms with Crippen LogP contribution >= 0.6 is 15.9 Å². The molecule has 0 saturated heterocycles. The van der Waals surface area contributed by atoms with E-state index in [-0.39, 0.29) is 24.2 Å². The van der Waals surface area contributed by atoms with Crippen LogP contribution in [-0.4, -0.2) is 18.3 Å². The van der Waals surface area contributed by atoms with E-state index in [9.17, 15) is 9.59 Å². The van der Waals surface area contributed by atoms with Gasteiger partial charge in [-0.05, 0) is 65.7 Å². The number of carbonyl (C=O) groups is 2. The second-order valence-corrected chi connectivity index (χ2v) is 7.29. The third-order valence-electron chi connectivity index (χ3n) is 4.63. The third kappa shape index (κ3) is 3.10. The van der Waals surface area contributed by atoms with Crippen molar-refractivity contribution in [3.05, 3.63) is 70.2 Å². The SMILES string of the molecule is C[C@@H]1C(=O)Nc2ccc(C(=O)COc3ccc4cc(Br)ccc4c3)cc21. The molecule has 0 spiro atoms.